The third-order valence-corrected chi connectivity index (χ3v) is 4.50. The monoisotopic (exact) mass is 297 g/mol. The van der Waals surface area contributed by atoms with Crippen molar-refractivity contribution < 1.29 is 14.7 Å². The summed E-state index contributed by atoms with van der Waals surface area (Å²) >= 11 is 0. The molecule has 6 heteroatoms. The van der Waals surface area contributed by atoms with Crippen LogP contribution < -0.4 is 5.32 Å². The highest BCUT2D eigenvalue weighted by Gasteiger charge is 2.43. The molecule has 1 saturated heterocycles. The molecule has 6 nitrogen and oxygen atoms in total. The van der Waals surface area contributed by atoms with Crippen LogP contribution in [0.5, 0.6) is 0 Å². The second kappa shape index (κ2) is 6.64. The Labute approximate surface area is 126 Å². The van der Waals surface area contributed by atoms with Gasteiger partial charge in [0.2, 0.25) is 0 Å². The van der Waals surface area contributed by atoms with Crippen LogP contribution in [0.4, 0.5) is 4.79 Å². The van der Waals surface area contributed by atoms with Gasteiger partial charge in [-0.2, -0.15) is 0 Å². The molecule has 1 aliphatic heterocycles. The van der Waals surface area contributed by atoms with E-state index in [1.807, 2.05) is 0 Å². The summed E-state index contributed by atoms with van der Waals surface area (Å²) in [4.78, 5) is 27.9. The molecule has 120 valence electrons. The van der Waals surface area contributed by atoms with Crippen LogP contribution in [0.2, 0.25) is 0 Å². The average molecular weight is 297 g/mol. The van der Waals surface area contributed by atoms with Crippen molar-refractivity contribution in [2.75, 3.05) is 32.7 Å². The van der Waals surface area contributed by atoms with Gasteiger partial charge in [0.1, 0.15) is 5.54 Å². The summed E-state index contributed by atoms with van der Waals surface area (Å²) in [6.07, 6.45) is 2.83. The molecule has 2 amide bonds. The molecule has 0 unspecified atom stereocenters. The maximum atomic E-state index is 12.3. The number of aliphatic carboxylic acids is 1. The van der Waals surface area contributed by atoms with E-state index in [1.54, 1.807) is 4.90 Å². The number of urea groups is 1. The number of nitrogens with zero attached hydrogens (tertiary/aromatic N) is 2. The smallest absolute Gasteiger partial charge is 0.329 e. The zero-order valence-electron chi connectivity index (χ0n) is 13.1. The van der Waals surface area contributed by atoms with Crippen molar-refractivity contribution in [1.29, 1.82) is 0 Å². The molecule has 0 atom stereocenters. The molecular weight excluding hydrogens is 270 g/mol. The molecule has 1 heterocycles. The molecule has 0 aromatic rings. The predicted octanol–water partition coefficient (Wildman–Crippen LogP) is 1.37. The van der Waals surface area contributed by atoms with Crippen molar-refractivity contribution in [2.24, 2.45) is 5.92 Å². The summed E-state index contributed by atoms with van der Waals surface area (Å²) in [6.45, 7) is 8.51. The number of rotatable bonds is 4. The van der Waals surface area contributed by atoms with E-state index < -0.39 is 11.5 Å². The van der Waals surface area contributed by atoms with Crippen molar-refractivity contribution >= 4 is 12.0 Å². The number of amides is 2. The lowest BCUT2D eigenvalue weighted by Gasteiger charge is -2.37. The van der Waals surface area contributed by atoms with Crippen LogP contribution in [0.3, 0.4) is 0 Å². The topological polar surface area (TPSA) is 72.9 Å². The standard InChI is InChI=1S/C15H27N3O3/c1-12(2)11-17-7-9-18(10-8-17)14(21)16-15(13(19)20)5-3-4-6-15/h12H,3-11H2,1-2H3,(H,16,21)(H,19,20). The molecule has 2 N–H and O–H groups in total. The van der Waals surface area contributed by atoms with Gasteiger partial charge in [-0.25, -0.2) is 9.59 Å². The number of hydrogen-bond acceptors (Lipinski definition) is 3. The van der Waals surface area contributed by atoms with Gasteiger partial charge in [0.15, 0.2) is 0 Å². The number of carbonyl (C=O) groups excluding carboxylic acids is 1. The Morgan fingerprint density at radius 1 is 1.14 bits per heavy atom. The van der Waals surface area contributed by atoms with Gasteiger partial charge in [0, 0.05) is 32.7 Å². The Balaban J connectivity index is 1.86. The predicted molar refractivity (Wildman–Crippen MR) is 80.2 cm³/mol. The van der Waals surface area contributed by atoms with Gasteiger partial charge >= 0.3 is 12.0 Å². The highest BCUT2D eigenvalue weighted by Crippen LogP contribution is 2.30. The molecule has 21 heavy (non-hydrogen) atoms. The first kappa shape index (κ1) is 16.1. The summed E-state index contributed by atoms with van der Waals surface area (Å²) in [7, 11) is 0. The third kappa shape index (κ3) is 3.87. The Bertz CT molecular complexity index is 384. The van der Waals surface area contributed by atoms with Crippen molar-refractivity contribution in [3.8, 4) is 0 Å². The molecule has 2 aliphatic rings. The molecule has 2 fully saturated rings. The maximum Gasteiger partial charge on any atom is 0.329 e. The van der Waals surface area contributed by atoms with Crippen molar-refractivity contribution in [3.63, 3.8) is 0 Å². The van der Waals surface area contributed by atoms with Crippen LogP contribution in [0.15, 0.2) is 0 Å². The molecule has 0 aromatic carbocycles. The van der Waals surface area contributed by atoms with Crippen LogP contribution in [0, 0.1) is 5.92 Å². The Morgan fingerprint density at radius 3 is 2.19 bits per heavy atom. The van der Waals surface area contributed by atoms with Crippen LogP contribution in [0.25, 0.3) is 0 Å². The summed E-state index contributed by atoms with van der Waals surface area (Å²) in [5.41, 5.74) is -1.04. The van der Waals surface area contributed by atoms with Gasteiger partial charge in [-0.05, 0) is 18.8 Å². The van der Waals surface area contributed by atoms with Crippen molar-refractivity contribution in [1.82, 2.24) is 15.1 Å². The third-order valence-electron chi connectivity index (χ3n) is 4.50. The lowest BCUT2D eigenvalue weighted by Crippen LogP contribution is -2.59. The summed E-state index contributed by atoms with van der Waals surface area (Å²) in [5, 5.41) is 12.2. The van der Waals surface area contributed by atoms with Crippen LogP contribution in [0.1, 0.15) is 39.5 Å². The zero-order chi connectivity index (χ0) is 15.5. The molecule has 2 rings (SSSR count). The van der Waals surface area contributed by atoms with Crippen LogP contribution in [-0.4, -0.2) is 65.2 Å². The van der Waals surface area contributed by atoms with Crippen LogP contribution in [-0.2, 0) is 4.79 Å². The van der Waals surface area contributed by atoms with E-state index in [1.165, 1.54) is 0 Å². The molecule has 0 bridgehead atoms. The van der Waals surface area contributed by atoms with Gasteiger partial charge in [-0.3, -0.25) is 4.90 Å². The molecular formula is C15H27N3O3. The summed E-state index contributed by atoms with van der Waals surface area (Å²) in [6, 6.07) is -0.219. The first-order valence-corrected chi connectivity index (χ1v) is 7.96. The zero-order valence-corrected chi connectivity index (χ0v) is 13.1. The minimum absolute atomic E-state index is 0.219. The van der Waals surface area contributed by atoms with Gasteiger partial charge in [-0.15, -0.1) is 0 Å². The summed E-state index contributed by atoms with van der Waals surface area (Å²) in [5.74, 6) is -0.272. The maximum absolute atomic E-state index is 12.3. The van der Waals surface area contributed by atoms with E-state index in [0.717, 1.165) is 32.5 Å². The highest BCUT2D eigenvalue weighted by atomic mass is 16.4. The number of carbonyl (C=O) groups is 2. The summed E-state index contributed by atoms with van der Waals surface area (Å²) < 4.78 is 0. The fraction of sp³-hybridized carbons (Fsp3) is 0.867. The molecule has 0 radical (unpaired) electrons. The number of hydrogen-bond donors (Lipinski definition) is 2. The van der Waals surface area contributed by atoms with Crippen molar-refractivity contribution in [2.45, 2.75) is 45.1 Å². The molecule has 1 aliphatic carbocycles. The number of carboxylic acid groups (broad SMARTS) is 1. The fourth-order valence-electron chi connectivity index (χ4n) is 3.30. The van der Waals surface area contributed by atoms with E-state index in [2.05, 4.69) is 24.1 Å². The van der Waals surface area contributed by atoms with Crippen LogP contribution >= 0.6 is 0 Å². The van der Waals surface area contributed by atoms with E-state index >= 15 is 0 Å². The minimum Gasteiger partial charge on any atom is -0.480 e. The van der Waals surface area contributed by atoms with Gasteiger partial charge in [0.25, 0.3) is 0 Å². The first-order valence-electron chi connectivity index (χ1n) is 7.96. The lowest BCUT2D eigenvalue weighted by atomic mass is 9.98. The molecule has 1 saturated carbocycles. The van der Waals surface area contributed by atoms with E-state index in [9.17, 15) is 14.7 Å². The first-order chi connectivity index (χ1) is 9.93. The van der Waals surface area contributed by atoms with E-state index in [-0.39, 0.29) is 6.03 Å². The normalized spacial score (nSPS) is 22.5. The Hall–Kier alpha value is -1.30. The largest absolute Gasteiger partial charge is 0.480 e. The number of carboxylic acids is 1. The SMILES string of the molecule is CC(C)CN1CCN(C(=O)NC2(C(=O)O)CCCC2)CC1. The fourth-order valence-corrected chi connectivity index (χ4v) is 3.30. The van der Waals surface area contributed by atoms with Gasteiger partial charge in [-0.1, -0.05) is 26.7 Å². The van der Waals surface area contributed by atoms with E-state index in [4.69, 9.17) is 0 Å². The number of piperazine rings is 1. The second-order valence-corrected chi connectivity index (χ2v) is 6.71. The second-order valence-electron chi connectivity index (χ2n) is 6.71. The van der Waals surface area contributed by atoms with Gasteiger partial charge < -0.3 is 15.3 Å². The van der Waals surface area contributed by atoms with Gasteiger partial charge in [0.05, 0.1) is 0 Å². The number of nitrogens with one attached hydrogen (secondary N) is 1. The Morgan fingerprint density at radius 2 is 1.71 bits per heavy atom. The average Bonchev–Trinajstić information content (AvgIpc) is 2.88. The highest BCUT2D eigenvalue weighted by molar-refractivity contribution is 5.86. The lowest BCUT2D eigenvalue weighted by molar-refractivity contribution is -0.144. The molecule has 0 spiro atoms. The van der Waals surface area contributed by atoms with E-state index in [0.29, 0.717) is 31.8 Å². The quantitative estimate of drug-likeness (QED) is 0.822. The Kier molecular flexibility index (Phi) is 5.08. The molecule has 0 aromatic heterocycles. The van der Waals surface area contributed by atoms with Crippen molar-refractivity contribution in [3.05, 3.63) is 0 Å². The minimum atomic E-state index is -1.04.